The fourth-order valence-corrected chi connectivity index (χ4v) is 4.08. The van der Waals surface area contributed by atoms with E-state index in [0.29, 0.717) is 0 Å². The third-order valence-electron chi connectivity index (χ3n) is 5.94. The summed E-state index contributed by atoms with van der Waals surface area (Å²) >= 11 is 0. The van der Waals surface area contributed by atoms with Crippen LogP contribution in [0.3, 0.4) is 0 Å². The van der Waals surface area contributed by atoms with Gasteiger partial charge in [-0.25, -0.2) is 13.8 Å². The molecule has 2 fully saturated rings. The Labute approximate surface area is 191 Å². The number of carbonyl (C=O) groups excluding carboxylic acids is 1. The number of likely N-dealkylation sites (tertiary alicyclic amines) is 1. The molecule has 3 atom stereocenters. The smallest absolute Gasteiger partial charge is 0.425 e. The third kappa shape index (κ3) is 4.27. The van der Waals surface area contributed by atoms with Crippen LogP contribution in [0.5, 0.6) is 11.6 Å². The van der Waals surface area contributed by atoms with Gasteiger partial charge in [-0.1, -0.05) is 12.1 Å². The van der Waals surface area contributed by atoms with Gasteiger partial charge in [-0.2, -0.15) is 13.2 Å². The normalized spacial score (nSPS) is 23.4. The molecule has 1 aromatic carbocycles. The molecule has 0 saturated carbocycles. The second-order valence-electron chi connectivity index (χ2n) is 7.92. The van der Waals surface area contributed by atoms with E-state index in [1.165, 1.54) is 36.3 Å². The maximum atomic E-state index is 14.5. The van der Waals surface area contributed by atoms with Crippen molar-refractivity contribution in [2.45, 2.75) is 37.3 Å². The number of halogens is 5. The zero-order chi connectivity index (χ0) is 24.7. The number of amides is 1. The largest absolute Gasteiger partial charge is 0.478 e. The number of rotatable bonds is 5. The van der Waals surface area contributed by atoms with Crippen LogP contribution in [0.15, 0.2) is 30.3 Å². The van der Waals surface area contributed by atoms with Crippen molar-refractivity contribution in [3.05, 3.63) is 53.2 Å². The molecule has 0 radical (unpaired) electrons. The summed E-state index contributed by atoms with van der Waals surface area (Å²) in [7, 11) is 1.19. The highest BCUT2D eigenvalue weighted by atomic mass is 19.4. The Kier molecular flexibility index (Phi) is 6.38. The second kappa shape index (κ2) is 8.99. The van der Waals surface area contributed by atoms with E-state index < -0.39 is 41.5 Å². The van der Waals surface area contributed by atoms with Crippen molar-refractivity contribution in [3.63, 3.8) is 0 Å². The zero-order valence-corrected chi connectivity index (χ0v) is 18.2. The number of alkyl halides is 3. The molecule has 0 spiro atoms. The van der Waals surface area contributed by atoms with Crippen LogP contribution in [-0.4, -0.2) is 61.2 Å². The molecule has 2 saturated heterocycles. The van der Waals surface area contributed by atoms with Crippen molar-refractivity contribution in [2.24, 2.45) is 0 Å². The van der Waals surface area contributed by atoms with Crippen molar-refractivity contribution in [1.29, 1.82) is 0 Å². The Hall–Kier alpha value is -2.99. The van der Waals surface area contributed by atoms with Crippen LogP contribution >= 0.6 is 0 Å². The number of carbonyl (C=O) groups is 1. The van der Waals surface area contributed by atoms with Gasteiger partial charge in [0.25, 0.3) is 11.8 Å². The topological polar surface area (TPSA) is 70.1 Å². The average Bonchev–Trinajstić information content (AvgIpc) is 3.24. The first kappa shape index (κ1) is 24.1. The van der Waals surface area contributed by atoms with Crippen molar-refractivity contribution in [2.75, 3.05) is 27.0 Å². The van der Waals surface area contributed by atoms with E-state index in [1.807, 2.05) is 0 Å². The summed E-state index contributed by atoms with van der Waals surface area (Å²) in [5.41, 5.74) is -1.33. The van der Waals surface area contributed by atoms with E-state index in [9.17, 15) is 26.7 Å². The number of pyridine rings is 1. The Morgan fingerprint density at radius 2 is 2.03 bits per heavy atom. The lowest BCUT2D eigenvalue weighted by Gasteiger charge is -2.41. The first-order chi connectivity index (χ1) is 16.1. The number of benzene rings is 1. The molecule has 7 nitrogen and oxygen atoms in total. The highest BCUT2D eigenvalue weighted by Crippen LogP contribution is 2.44. The maximum Gasteiger partial charge on any atom is 0.425 e. The highest BCUT2D eigenvalue weighted by Gasteiger charge is 2.52. The first-order valence-corrected chi connectivity index (χ1v) is 10.3. The number of ether oxygens (including phenoxy) is 4. The van der Waals surface area contributed by atoms with Gasteiger partial charge in [-0.15, -0.1) is 0 Å². The Balaban J connectivity index is 1.53. The molecular formula is C22H21F5N2O5. The highest BCUT2D eigenvalue weighted by molar-refractivity contribution is 5.92. The lowest BCUT2D eigenvalue weighted by Crippen LogP contribution is -2.54. The van der Waals surface area contributed by atoms with Crippen molar-refractivity contribution >= 4 is 5.91 Å². The first-order valence-electron chi connectivity index (χ1n) is 10.3. The molecule has 2 aliphatic heterocycles. The Bertz CT molecular complexity index is 1080. The van der Waals surface area contributed by atoms with Crippen LogP contribution in [0.2, 0.25) is 0 Å². The fraction of sp³-hybridized carbons (Fsp3) is 0.455. The average molecular weight is 488 g/mol. The lowest BCUT2D eigenvalue weighted by molar-refractivity contribution is -0.189. The van der Waals surface area contributed by atoms with E-state index >= 15 is 0 Å². The third-order valence-corrected chi connectivity index (χ3v) is 5.94. The SMILES string of the molecule is COc1nc(C(=O)N2CC[C@]3(c4cccc(F)c4F)OCO[C@@H]3C2)ccc1OC(C)C(F)(F)F. The van der Waals surface area contributed by atoms with Gasteiger partial charge in [-0.3, -0.25) is 4.79 Å². The summed E-state index contributed by atoms with van der Waals surface area (Å²) in [5, 5.41) is 0. The maximum absolute atomic E-state index is 14.5. The number of piperidine rings is 1. The molecule has 4 rings (SSSR count). The van der Waals surface area contributed by atoms with E-state index in [0.717, 1.165) is 13.0 Å². The molecule has 3 heterocycles. The summed E-state index contributed by atoms with van der Waals surface area (Å²) in [6.07, 6.45) is -7.34. The van der Waals surface area contributed by atoms with E-state index in [-0.39, 0.29) is 49.2 Å². The van der Waals surface area contributed by atoms with Crippen molar-refractivity contribution in [1.82, 2.24) is 9.88 Å². The molecule has 1 amide bonds. The summed E-state index contributed by atoms with van der Waals surface area (Å²) in [4.78, 5) is 18.5. The van der Waals surface area contributed by atoms with Crippen molar-refractivity contribution in [3.8, 4) is 11.6 Å². The van der Waals surface area contributed by atoms with Crippen LogP contribution in [0.4, 0.5) is 22.0 Å². The molecular weight excluding hydrogens is 467 g/mol. The van der Waals surface area contributed by atoms with Crippen LogP contribution in [0.1, 0.15) is 29.4 Å². The van der Waals surface area contributed by atoms with E-state index in [4.69, 9.17) is 18.9 Å². The zero-order valence-electron chi connectivity index (χ0n) is 18.2. The molecule has 0 aliphatic carbocycles. The van der Waals surface area contributed by atoms with E-state index in [2.05, 4.69) is 4.98 Å². The standard InChI is InChI=1S/C22H21F5N2O5/c1-12(22(25,26)27)34-16-7-6-15(28-19(16)31-2)20(30)29-9-8-21(17(10-29)32-11-33-21)13-4-3-5-14(23)18(13)24/h3-7,12,17H,8-11H2,1-2H3/t12?,17-,21-/m1/s1. The minimum Gasteiger partial charge on any atom is -0.478 e. The number of aromatic nitrogens is 1. The fourth-order valence-electron chi connectivity index (χ4n) is 4.08. The molecule has 184 valence electrons. The van der Waals surface area contributed by atoms with E-state index in [1.54, 1.807) is 0 Å². The number of nitrogens with zero attached hydrogens (tertiary/aromatic N) is 2. The molecule has 34 heavy (non-hydrogen) atoms. The number of hydrogen-bond acceptors (Lipinski definition) is 6. The molecule has 12 heteroatoms. The Morgan fingerprint density at radius 3 is 2.74 bits per heavy atom. The van der Waals surface area contributed by atoms with Gasteiger partial charge < -0.3 is 23.8 Å². The van der Waals surface area contributed by atoms with Crippen molar-refractivity contribution < 1.29 is 45.7 Å². The predicted octanol–water partition coefficient (Wildman–Crippen LogP) is 3.81. The Morgan fingerprint density at radius 1 is 1.26 bits per heavy atom. The van der Waals surface area contributed by atoms with Gasteiger partial charge in [0.2, 0.25) is 0 Å². The predicted molar refractivity (Wildman–Crippen MR) is 106 cm³/mol. The summed E-state index contributed by atoms with van der Waals surface area (Å²) in [6.45, 7) is 0.798. The molecule has 2 aliphatic rings. The van der Waals surface area contributed by atoms with Gasteiger partial charge in [-0.05, 0) is 25.1 Å². The number of fused-ring (bicyclic) bond motifs is 1. The molecule has 0 bridgehead atoms. The van der Waals surface area contributed by atoms with Gasteiger partial charge in [0.1, 0.15) is 24.2 Å². The van der Waals surface area contributed by atoms with Crippen LogP contribution < -0.4 is 9.47 Å². The van der Waals surface area contributed by atoms with Gasteiger partial charge in [0.15, 0.2) is 23.5 Å². The lowest BCUT2D eigenvalue weighted by atomic mass is 9.81. The van der Waals surface area contributed by atoms with Gasteiger partial charge >= 0.3 is 6.18 Å². The van der Waals surface area contributed by atoms with Crippen LogP contribution in [0, 0.1) is 11.6 Å². The molecule has 0 N–H and O–H groups in total. The second-order valence-corrected chi connectivity index (χ2v) is 7.92. The molecule has 1 aromatic heterocycles. The van der Waals surface area contributed by atoms with Crippen LogP contribution in [-0.2, 0) is 15.1 Å². The summed E-state index contributed by atoms with van der Waals surface area (Å²) < 4.78 is 88.0. The summed E-state index contributed by atoms with van der Waals surface area (Å²) in [5.74, 6) is -3.14. The molecule has 2 aromatic rings. The number of methoxy groups -OCH3 is 1. The van der Waals surface area contributed by atoms with Gasteiger partial charge in [0, 0.05) is 18.5 Å². The van der Waals surface area contributed by atoms with Crippen LogP contribution in [0.25, 0.3) is 0 Å². The quantitative estimate of drug-likeness (QED) is 0.597. The molecule has 1 unspecified atom stereocenters. The van der Waals surface area contributed by atoms with Gasteiger partial charge in [0.05, 0.1) is 13.7 Å². The monoisotopic (exact) mass is 488 g/mol. The summed E-state index contributed by atoms with van der Waals surface area (Å²) in [6, 6.07) is 6.19. The minimum absolute atomic E-state index is 0.00212. The number of hydrogen-bond donors (Lipinski definition) is 0. The minimum atomic E-state index is -4.59.